The summed E-state index contributed by atoms with van der Waals surface area (Å²) < 4.78 is 2.02. The zero-order chi connectivity index (χ0) is 21.9. The fourth-order valence-corrected chi connectivity index (χ4v) is 3.60. The highest BCUT2D eigenvalue weighted by atomic mass is 15.2. The number of aromatic nitrogens is 3. The molecule has 2 aromatic heterocycles. The summed E-state index contributed by atoms with van der Waals surface area (Å²) in [5.41, 5.74) is 5.02. The molecule has 1 aliphatic carbocycles. The summed E-state index contributed by atoms with van der Waals surface area (Å²) >= 11 is 0. The molecule has 6 nitrogen and oxygen atoms in total. The average molecular weight is 411 g/mol. The average Bonchev–Trinajstić information content (AvgIpc) is 3.09. The van der Waals surface area contributed by atoms with E-state index in [1.807, 2.05) is 23.9 Å². The maximum atomic E-state index is 4.61. The van der Waals surface area contributed by atoms with E-state index >= 15 is 0 Å². The normalized spacial score (nSPS) is 13.0. The Morgan fingerprint density at radius 1 is 1.17 bits per heavy atom. The van der Waals surface area contributed by atoms with Crippen LogP contribution in [0.15, 0.2) is 31.5 Å². The lowest BCUT2D eigenvalue weighted by Crippen LogP contribution is -2.29. The fourth-order valence-electron chi connectivity index (χ4n) is 3.60. The summed E-state index contributed by atoms with van der Waals surface area (Å²) in [5, 5.41) is 3.17. The molecule has 2 aromatic rings. The lowest BCUT2D eigenvalue weighted by atomic mass is 9.96. The number of fused-ring (bicyclic) bond motifs is 1. The summed E-state index contributed by atoms with van der Waals surface area (Å²) in [6.45, 7) is 11.3. The van der Waals surface area contributed by atoms with Crippen LogP contribution in [0.1, 0.15) is 41.3 Å². The Labute approximate surface area is 182 Å². The van der Waals surface area contributed by atoms with Crippen molar-refractivity contribution in [2.24, 2.45) is 0 Å². The molecule has 0 aromatic carbocycles. The molecule has 0 saturated carbocycles. The van der Waals surface area contributed by atoms with Crippen LogP contribution < -0.4 is 5.32 Å². The molecule has 0 atom stereocenters. The molecule has 2 heterocycles. The summed E-state index contributed by atoms with van der Waals surface area (Å²) in [6, 6.07) is 4.23. The van der Waals surface area contributed by atoms with Crippen molar-refractivity contribution in [3.05, 3.63) is 60.0 Å². The summed E-state index contributed by atoms with van der Waals surface area (Å²) in [5.74, 6) is 0.848. The van der Waals surface area contributed by atoms with Gasteiger partial charge in [0.2, 0.25) is 0 Å². The van der Waals surface area contributed by atoms with Crippen LogP contribution in [-0.2, 0) is 25.9 Å². The Balaban J connectivity index is 0.000000263. The van der Waals surface area contributed by atoms with Gasteiger partial charge in [-0.2, -0.15) is 0 Å². The second-order valence-electron chi connectivity index (χ2n) is 8.01. The highest BCUT2D eigenvalue weighted by Gasteiger charge is 2.15. The number of rotatable bonds is 9. The molecule has 0 fully saturated rings. The van der Waals surface area contributed by atoms with Gasteiger partial charge in [-0.05, 0) is 71.6 Å². The van der Waals surface area contributed by atoms with E-state index in [-0.39, 0.29) is 0 Å². The van der Waals surface area contributed by atoms with Crippen molar-refractivity contribution in [3.63, 3.8) is 0 Å². The van der Waals surface area contributed by atoms with Gasteiger partial charge in [-0.15, -0.1) is 0 Å². The molecule has 0 aliphatic heterocycles. The molecule has 6 heteroatoms. The maximum Gasteiger partial charge on any atom is 0.136 e. The van der Waals surface area contributed by atoms with Crippen molar-refractivity contribution in [2.75, 3.05) is 41.3 Å². The number of nitrogens with one attached hydrogen (secondary N) is 1. The minimum Gasteiger partial charge on any atom is -0.314 e. The second-order valence-corrected chi connectivity index (χ2v) is 8.01. The molecule has 0 radical (unpaired) electrons. The third-order valence-electron chi connectivity index (χ3n) is 5.27. The van der Waals surface area contributed by atoms with Gasteiger partial charge in [-0.1, -0.05) is 19.2 Å². The first-order chi connectivity index (χ1) is 14.5. The van der Waals surface area contributed by atoms with Gasteiger partial charge in [0.15, 0.2) is 0 Å². The fraction of sp³-hybridized carbons (Fsp3) is 0.500. The number of hydrogen-bond donors (Lipinski definition) is 1. The Hall–Kier alpha value is -2.28. The van der Waals surface area contributed by atoms with Crippen LogP contribution in [0.2, 0.25) is 0 Å². The summed E-state index contributed by atoms with van der Waals surface area (Å²) in [4.78, 5) is 13.4. The molecular formula is C24H38N6. The number of pyridine rings is 1. The molecule has 164 valence electrons. The monoisotopic (exact) mass is 410 g/mol. The third-order valence-corrected chi connectivity index (χ3v) is 5.27. The van der Waals surface area contributed by atoms with Crippen LogP contribution >= 0.6 is 0 Å². The molecule has 0 spiro atoms. The predicted octanol–water partition coefficient (Wildman–Crippen LogP) is 3.30. The number of aryl methyl sites for hydroxylation is 2. The van der Waals surface area contributed by atoms with Crippen LogP contribution in [0.25, 0.3) is 12.3 Å². The molecule has 0 bridgehead atoms. The SMILES string of the molecule is C=Cc1nc(CNC)c(CN(C)CCN(C)C)n1C=C.c1cnc2c(c1)CCCC2. The highest BCUT2D eigenvalue weighted by Crippen LogP contribution is 2.18. The van der Waals surface area contributed by atoms with Crippen molar-refractivity contribution >= 4 is 12.3 Å². The van der Waals surface area contributed by atoms with E-state index in [1.54, 1.807) is 12.3 Å². The highest BCUT2D eigenvalue weighted by molar-refractivity contribution is 5.46. The van der Waals surface area contributed by atoms with Crippen LogP contribution in [0.3, 0.4) is 0 Å². The zero-order valence-electron chi connectivity index (χ0n) is 19.2. The maximum absolute atomic E-state index is 4.61. The molecule has 0 amide bonds. The molecule has 3 rings (SSSR count). The van der Waals surface area contributed by atoms with Crippen LogP contribution in [0.4, 0.5) is 0 Å². The minimum atomic E-state index is 0.749. The van der Waals surface area contributed by atoms with Gasteiger partial charge in [-0.3, -0.25) is 9.88 Å². The Morgan fingerprint density at radius 2 is 1.93 bits per heavy atom. The minimum absolute atomic E-state index is 0.749. The van der Waals surface area contributed by atoms with Crippen molar-refractivity contribution < 1.29 is 0 Å². The van der Waals surface area contributed by atoms with Crippen LogP contribution in [-0.4, -0.2) is 65.6 Å². The summed E-state index contributed by atoms with van der Waals surface area (Å²) in [6.07, 6.45) is 10.6. The molecule has 1 N–H and O–H groups in total. The third kappa shape index (κ3) is 6.90. The molecule has 0 saturated heterocycles. The predicted molar refractivity (Wildman–Crippen MR) is 127 cm³/mol. The summed E-state index contributed by atoms with van der Waals surface area (Å²) in [7, 11) is 8.23. The van der Waals surface area contributed by atoms with E-state index in [4.69, 9.17) is 0 Å². The largest absolute Gasteiger partial charge is 0.314 e. The lowest BCUT2D eigenvalue weighted by molar-refractivity contribution is 0.272. The van der Waals surface area contributed by atoms with Crippen molar-refractivity contribution in [3.8, 4) is 0 Å². The number of imidazole rings is 1. The lowest BCUT2D eigenvalue weighted by Gasteiger charge is -2.20. The van der Waals surface area contributed by atoms with Gasteiger partial charge in [0.1, 0.15) is 5.82 Å². The van der Waals surface area contributed by atoms with Gasteiger partial charge in [0.05, 0.1) is 11.4 Å². The van der Waals surface area contributed by atoms with E-state index in [2.05, 4.69) is 65.5 Å². The van der Waals surface area contributed by atoms with Crippen LogP contribution in [0.5, 0.6) is 0 Å². The van der Waals surface area contributed by atoms with Gasteiger partial charge < -0.3 is 14.8 Å². The molecular weight excluding hydrogens is 372 g/mol. The van der Waals surface area contributed by atoms with Gasteiger partial charge in [-0.25, -0.2) is 4.98 Å². The molecule has 0 unspecified atom stereocenters. The quantitative estimate of drug-likeness (QED) is 0.687. The van der Waals surface area contributed by atoms with Gasteiger partial charge in [0.25, 0.3) is 0 Å². The van der Waals surface area contributed by atoms with E-state index in [0.29, 0.717) is 0 Å². The van der Waals surface area contributed by atoms with E-state index < -0.39 is 0 Å². The van der Waals surface area contributed by atoms with Gasteiger partial charge >= 0.3 is 0 Å². The Bertz CT molecular complexity index is 783. The molecule has 1 aliphatic rings. The van der Waals surface area contributed by atoms with Crippen molar-refractivity contribution in [2.45, 2.75) is 38.8 Å². The second kappa shape index (κ2) is 12.4. The first-order valence-corrected chi connectivity index (χ1v) is 10.8. The van der Waals surface area contributed by atoms with E-state index in [1.165, 1.54) is 42.6 Å². The Morgan fingerprint density at radius 3 is 2.57 bits per heavy atom. The zero-order valence-corrected chi connectivity index (χ0v) is 19.2. The van der Waals surface area contributed by atoms with Crippen LogP contribution in [0, 0.1) is 0 Å². The Kier molecular flexibility index (Phi) is 9.94. The molecule has 30 heavy (non-hydrogen) atoms. The van der Waals surface area contributed by atoms with Gasteiger partial charge in [0, 0.05) is 44.3 Å². The van der Waals surface area contributed by atoms with E-state index in [9.17, 15) is 0 Å². The number of nitrogens with zero attached hydrogens (tertiary/aromatic N) is 5. The number of likely N-dealkylation sites (N-methyl/N-ethyl adjacent to an activating group) is 2. The first-order valence-electron chi connectivity index (χ1n) is 10.8. The first kappa shape index (κ1) is 24.0. The number of hydrogen-bond acceptors (Lipinski definition) is 5. The smallest absolute Gasteiger partial charge is 0.136 e. The van der Waals surface area contributed by atoms with Crippen molar-refractivity contribution in [1.29, 1.82) is 0 Å². The van der Waals surface area contributed by atoms with Crippen molar-refractivity contribution in [1.82, 2.24) is 29.7 Å². The van der Waals surface area contributed by atoms with E-state index in [0.717, 1.165) is 37.7 Å². The topological polar surface area (TPSA) is 49.2 Å². The standard InChI is InChI=1S/C15H27N5.C9H11N/c1-7-15-17-13(11-16-3)14(20(15)8-2)12-19(6)10-9-18(4)5;1-2-6-9-8(4-1)5-3-7-10-9/h7-8,16H,1-2,9-12H2,3-6H3;3,5,7H,1-2,4,6H2.